The molecule has 1 N–H and O–H groups in total. The highest BCUT2D eigenvalue weighted by molar-refractivity contribution is 6.22. The van der Waals surface area contributed by atoms with Gasteiger partial charge in [-0.25, -0.2) is 4.39 Å². The number of rotatable bonds is 4. The summed E-state index contributed by atoms with van der Waals surface area (Å²) in [5, 5.41) is 2.68. The molecule has 2 aliphatic heterocycles. The van der Waals surface area contributed by atoms with Crippen LogP contribution < -0.4 is 10.2 Å². The van der Waals surface area contributed by atoms with Gasteiger partial charge in [-0.1, -0.05) is 6.07 Å². The van der Waals surface area contributed by atoms with Crippen molar-refractivity contribution in [2.45, 2.75) is 19.3 Å². The van der Waals surface area contributed by atoms with E-state index in [-0.39, 0.29) is 11.1 Å². The Morgan fingerprint density at radius 3 is 2.36 bits per heavy atom. The van der Waals surface area contributed by atoms with E-state index in [4.69, 9.17) is 0 Å². The molecule has 1 saturated heterocycles. The number of anilines is 2. The largest absolute Gasteiger partial charge is 0.372 e. The van der Waals surface area contributed by atoms with Gasteiger partial charge in [0.2, 0.25) is 5.91 Å². The normalized spacial score (nSPS) is 16.3. The van der Waals surface area contributed by atoms with Gasteiger partial charge in [0.1, 0.15) is 12.4 Å². The molecule has 28 heavy (non-hydrogen) atoms. The highest BCUT2D eigenvalue weighted by Crippen LogP contribution is 2.25. The molecule has 0 aliphatic carbocycles. The van der Waals surface area contributed by atoms with E-state index >= 15 is 0 Å². The molecule has 0 atom stereocenters. The Labute approximate surface area is 161 Å². The van der Waals surface area contributed by atoms with Crippen molar-refractivity contribution < 1.29 is 18.8 Å². The van der Waals surface area contributed by atoms with Crippen LogP contribution in [0.2, 0.25) is 0 Å². The Morgan fingerprint density at radius 2 is 1.68 bits per heavy atom. The molecule has 0 saturated carbocycles. The fourth-order valence-electron chi connectivity index (χ4n) is 3.69. The minimum absolute atomic E-state index is 0.0105. The van der Waals surface area contributed by atoms with Gasteiger partial charge in [0, 0.05) is 24.5 Å². The summed E-state index contributed by atoms with van der Waals surface area (Å²) >= 11 is 0. The van der Waals surface area contributed by atoms with E-state index in [0.29, 0.717) is 5.69 Å². The van der Waals surface area contributed by atoms with Gasteiger partial charge in [-0.15, -0.1) is 0 Å². The van der Waals surface area contributed by atoms with Crippen molar-refractivity contribution in [2.75, 3.05) is 29.9 Å². The highest BCUT2D eigenvalue weighted by atomic mass is 19.1. The van der Waals surface area contributed by atoms with E-state index in [1.165, 1.54) is 31.4 Å². The maximum Gasteiger partial charge on any atom is 0.265 e. The summed E-state index contributed by atoms with van der Waals surface area (Å²) in [5.41, 5.74) is 1.40. The average molecular weight is 381 g/mol. The topological polar surface area (TPSA) is 69.7 Å². The van der Waals surface area contributed by atoms with Crippen molar-refractivity contribution in [1.29, 1.82) is 0 Å². The molecule has 2 aromatic carbocycles. The third-order valence-corrected chi connectivity index (χ3v) is 5.12. The predicted octanol–water partition coefficient (Wildman–Crippen LogP) is 3.05. The lowest BCUT2D eigenvalue weighted by molar-refractivity contribution is -0.116. The van der Waals surface area contributed by atoms with Crippen LogP contribution in [0.25, 0.3) is 0 Å². The molecule has 2 heterocycles. The Kier molecular flexibility index (Phi) is 4.81. The number of piperidine rings is 1. The van der Waals surface area contributed by atoms with Crippen LogP contribution in [0, 0.1) is 5.82 Å². The summed E-state index contributed by atoms with van der Waals surface area (Å²) in [4.78, 5) is 40.0. The van der Waals surface area contributed by atoms with Crippen LogP contribution in [0.4, 0.5) is 15.8 Å². The Balaban J connectivity index is 1.40. The summed E-state index contributed by atoms with van der Waals surface area (Å²) in [6.07, 6.45) is 3.62. The third kappa shape index (κ3) is 3.35. The molecule has 0 aromatic heterocycles. The fourth-order valence-corrected chi connectivity index (χ4v) is 3.69. The van der Waals surface area contributed by atoms with Gasteiger partial charge in [0.15, 0.2) is 0 Å². The molecule has 0 radical (unpaired) electrons. The maximum atomic E-state index is 13.9. The number of amides is 3. The summed E-state index contributed by atoms with van der Waals surface area (Å²) in [6.45, 7) is 1.60. The maximum absolute atomic E-state index is 13.9. The number of nitrogens with zero attached hydrogens (tertiary/aromatic N) is 2. The Hall–Kier alpha value is -3.22. The molecular weight excluding hydrogens is 361 g/mol. The predicted molar refractivity (Wildman–Crippen MR) is 103 cm³/mol. The molecule has 4 rings (SSSR count). The van der Waals surface area contributed by atoms with Crippen molar-refractivity contribution in [1.82, 2.24) is 4.90 Å². The zero-order chi connectivity index (χ0) is 19.7. The second-order valence-corrected chi connectivity index (χ2v) is 7.00. The molecule has 144 valence electrons. The number of hydrogen-bond donors (Lipinski definition) is 1. The average Bonchev–Trinajstić information content (AvgIpc) is 2.95. The molecule has 6 nitrogen and oxygen atoms in total. The zero-order valence-corrected chi connectivity index (χ0v) is 15.3. The number of benzene rings is 2. The molecule has 3 amide bonds. The first-order valence-electron chi connectivity index (χ1n) is 9.34. The van der Waals surface area contributed by atoms with Gasteiger partial charge < -0.3 is 10.2 Å². The number of hydrogen-bond acceptors (Lipinski definition) is 4. The summed E-state index contributed by atoms with van der Waals surface area (Å²) in [6, 6.07) is 11.4. The lowest BCUT2D eigenvalue weighted by Crippen LogP contribution is -2.37. The number of carbonyl (C=O) groups is 3. The van der Waals surface area contributed by atoms with Crippen LogP contribution in [0.1, 0.15) is 40.0 Å². The van der Waals surface area contributed by atoms with Crippen LogP contribution in [0.5, 0.6) is 0 Å². The first-order chi connectivity index (χ1) is 13.5. The van der Waals surface area contributed by atoms with Gasteiger partial charge in [0.25, 0.3) is 11.8 Å². The first kappa shape index (κ1) is 18.2. The lowest BCUT2D eigenvalue weighted by Gasteiger charge is -2.28. The number of nitrogens with one attached hydrogen (secondary N) is 1. The molecule has 1 fully saturated rings. The van der Waals surface area contributed by atoms with Gasteiger partial charge >= 0.3 is 0 Å². The van der Waals surface area contributed by atoms with E-state index in [1.54, 1.807) is 12.1 Å². The molecule has 0 bridgehead atoms. The molecule has 7 heteroatoms. The van der Waals surface area contributed by atoms with E-state index in [1.807, 2.05) is 12.1 Å². The number of carbonyl (C=O) groups excluding carboxylic acids is 3. The van der Waals surface area contributed by atoms with Crippen molar-refractivity contribution >= 4 is 29.1 Å². The van der Waals surface area contributed by atoms with Crippen molar-refractivity contribution in [3.63, 3.8) is 0 Å². The lowest BCUT2D eigenvalue weighted by atomic mass is 10.1. The van der Waals surface area contributed by atoms with E-state index in [0.717, 1.165) is 29.7 Å². The first-order valence-corrected chi connectivity index (χ1v) is 9.34. The smallest absolute Gasteiger partial charge is 0.265 e. The number of imide groups is 1. The molecule has 0 unspecified atom stereocenters. The molecule has 2 aliphatic rings. The van der Waals surface area contributed by atoms with E-state index < -0.39 is 30.1 Å². The summed E-state index contributed by atoms with van der Waals surface area (Å²) < 4.78 is 13.9. The molecule has 0 spiro atoms. The van der Waals surface area contributed by atoms with Crippen LogP contribution >= 0.6 is 0 Å². The Bertz CT molecular complexity index is 936. The van der Waals surface area contributed by atoms with Crippen LogP contribution in [0.3, 0.4) is 0 Å². The van der Waals surface area contributed by atoms with Gasteiger partial charge in [-0.3, -0.25) is 19.3 Å². The second-order valence-electron chi connectivity index (χ2n) is 7.00. The SMILES string of the molecule is O=C(CN1C(=O)c2cccc(F)c2C1=O)Nc1ccc(N2CCCCC2)cc1. The van der Waals surface area contributed by atoms with Crippen LogP contribution in [-0.4, -0.2) is 42.3 Å². The van der Waals surface area contributed by atoms with Gasteiger partial charge in [-0.2, -0.15) is 0 Å². The van der Waals surface area contributed by atoms with Crippen molar-refractivity contribution in [3.05, 3.63) is 59.4 Å². The van der Waals surface area contributed by atoms with Crippen LogP contribution in [-0.2, 0) is 4.79 Å². The monoisotopic (exact) mass is 381 g/mol. The van der Waals surface area contributed by atoms with E-state index in [2.05, 4.69) is 10.2 Å². The summed E-state index contributed by atoms with van der Waals surface area (Å²) in [7, 11) is 0. The molecular formula is C21H20FN3O3. The van der Waals surface area contributed by atoms with Crippen LogP contribution in [0.15, 0.2) is 42.5 Å². The second kappa shape index (κ2) is 7.42. The minimum atomic E-state index is -0.784. The van der Waals surface area contributed by atoms with Gasteiger partial charge in [-0.05, 0) is 55.7 Å². The zero-order valence-electron chi connectivity index (χ0n) is 15.3. The standard InChI is InChI=1S/C21H20FN3O3/c22-17-6-4-5-16-19(17)21(28)25(20(16)27)13-18(26)23-14-7-9-15(10-8-14)24-11-2-1-3-12-24/h4-10H,1-3,11-13H2,(H,23,26). The van der Waals surface area contributed by atoms with Crippen molar-refractivity contribution in [3.8, 4) is 0 Å². The van der Waals surface area contributed by atoms with Gasteiger partial charge in [0.05, 0.1) is 11.1 Å². The number of halogens is 1. The fraction of sp³-hybridized carbons (Fsp3) is 0.286. The Morgan fingerprint density at radius 1 is 0.964 bits per heavy atom. The number of fused-ring (bicyclic) bond motifs is 1. The highest BCUT2D eigenvalue weighted by Gasteiger charge is 2.38. The van der Waals surface area contributed by atoms with Crippen molar-refractivity contribution in [2.24, 2.45) is 0 Å². The quantitative estimate of drug-likeness (QED) is 0.827. The summed E-state index contributed by atoms with van der Waals surface area (Å²) in [5.74, 6) is -2.71. The van der Waals surface area contributed by atoms with E-state index in [9.17, 15) is 18.8 Å². The third-order valence-electron chi connectivity index (χ3n) is 5.12. The molecule has 2 aromatic rings. The minimum Gasteiger partial charge on any atom is -0.372 e.